The van der Waals surface area contributed by atoms with E-state index in [9.17, 15) is 0 Å². The monoisotopic (exact) mass is 292 g/mol. The van der Waals surface area contributed by atoms with Gasteiger partial charge in [-0.25, -0.2) is 9.97 Å². The van der Waals surface area contributed by atoms with Crippen LogP contribution < -0.4 is 4.90 Å². The number of nitrogens with zero attached hydrogens (tertiary/aromatic N) is 4. The fraction of sp³-hybridized carbons (Fsp3) is 0.750. The number of unbranched alkanes of at least 4 members (excludes halogenated alkanes) is 1. The van der Waals surface area contributed by atoms with Gasteiger partial charge in [-0.2, -0.15) is 0 Å². The number of hydrogen-bond acceptors (Lipinski definition) is 5. The lowest BCUT2D eigenvalue weighted by molar-refractivity contribution is 0.195. The van der Waals surface area contributed by atoms with Crippen LogP contribution in [-0.2, 0) is 0 Å². The van der Waals surface area contributed by atoms with Gasteiger partial charge in [0.1, 0.15) is 11.6 Å². The molecule has 2 rings (SSSR count). The first-order chi connectivity index (χ1) is 10.1. The van der Waals surface area contributed by atoms with E-state index in [1.807, 2.05) is 13.8 Å². The number of aromatic nitrogens is 2. The van der Waals surface area contributed by atoms with Crippen molar-refractivity contribution in [3.8, 4) is 0 Å². The minimum atomic E-state index is 0.304. The van der Waals surface area contributed by atoms with Crippen molar-refractivity contribution >= 4 is 5.82 Å². The maximum atomic E-state index is 8.86. The minimum absolute atomic E-state index is 0.304. The molecule has 0 amide bonds. The molecule has 1 N–H and O–H groups in total. The van der Waals surface area contributed by atoms with Gasteiger partial charge in [0.2, 0.25) is 0 Å². The van der Waals surface area contributed by atoms with E-state index in [1.54, 1.807) is 0 Å². The van der Waals surface area contributed by atoms with Crippen molar-refractivity contribution in [2.75, 3.05) is 38.2 Å². The van der Waals surface area contributed by atoms with Crippen LogP contribution in [-0.4, -0.2) is 59.3 Å². The van der Waals surface area contributed by atoms with Gasteiger partial charge in [0.25, 0.3) is 0 Å². The van der Waals surface area contributed by atoms with Crippen molar-refractivity contribution in [2.24, 2.45) is 0 Å². The maximum absolute atomic E-state index is 8.86. The molecule has 0 saturated carbocycles. The summed E-state index contributed by atoms with van der Waals surface area (Å²) in [5.74, 6) is 1.93. The van der Waals surface area contributed by atoms with Crippen molar-refractivity contribution in [1.29, 1.82) is 0 Å². The third-order valence-electron chi connectivity index (χ3n) is 4.28. The second kappa shape index (κ2) is 7.71. The van der Waals surface area contributed by atoms with Crippen molar-refractivity contribution in [3.63, 3.8) is 0 Å². The molecule has 1 fully saturated rings. The summed E-state index contributed by atoms with van der Waals surface area (Å²) in [4.78, 5) is 13.7. The van der Waals surface area contributed by atoms with Crippen LogP contribution in [0.4, 0.5) is 5.82 Å². The Kier molecular flexibility index (Phi) is 5.94. The highest BCUT2D eigenvalue weighted by Crippen LogP contribution is 2.21. The highest BCUT2D eigenvalue weighted by atomic mass is 16.2. The molecule has 2 heterocycles. The molecule has 0 atom stereocenters. The van der Waals surface area contributed by atoms with E-state index in [2.05, 4.69) is 32.9 Å². The van der Waals surface area contributed by atoms with Crippen LogP contribution in [0.1, 0.15) is 37.2 Å². The number of aliphatic hydroxyl groups is 1. The summed E-state index contributed by atoms with van der Waals surface area (Å²) in [7, 11) is 2.21. The molecular weight excluding hydrogens is 264 g/mol. The molecule has 5 nitrogen and oxygen atoms in total. The van der Waals surface area contributed by atoms with E-state index < -0.39 is 0 Å². The zero-order chi connectivity index (χ0) is 15.2. The minimum Gasteiger partial charge on any atom is -0.396 e. The van der Waals surface area contributed by atoms with Crippen molar-refractivity contribution in [2.45, 2.75) is 45.6 Å². The molecule has 1 aromatic heterocycles. The van der Waals surface area contributed by atoms with Crippen LogP contribution in [0.2, 0.25) is 0 Å². The predicted octanol–water partition coefficient (Wildman–Crippen LogP) is 1.77. The largest absolute Gasteiger partial charge is 0.396 e. The summed E-state index contributed by atoms with van der Waals surface area (Å²) >= 11 is 0. The van der Waals surface area contributed by atoms with E-state index in [0.29, 0.717) is 12.6 Å². The Balaban J connectivity index is 1.85. The highest BCUT2D eigenvalue weighted by Gasteiger charge is 2.23. The normalized spacial score (nSPS) is 16.7. The zero-order valence-electron chi connectivity index (χ0n) is 13.5. The molecule has 5 heteroatoms. The summed E-state index contributed by atoms with van der Waals surface area (Å²) in [6, 6.07) is 2.74. The van der Waals surface area contributed by atoms with E-state index in [4.69, 9.17) is 5.11 Å². The van der Waals surface area contributed by atoms with Crippen LogP contribution in [0, 0.1) is 13.8 Å². The topological polar surface area (TPSA) is 52.5 Å². The Bertz CT molecular complexity index is 424. The molecule has 0 unspecified atom stereocenters. The average Bonchev–Trinajstić information content (AvgIpc) is 2.46. The molecule has 0 aliphatic carbocycles. The van der Waals surface area contributed by atoms with Gasteiger partial charge in [0.15, 0.2) is 0 Å². The van der Waals surface area contributed by atoms with Crippen LogP contribution in [0.15, 0.2) is 6.07 Å². The predicted molar refractivity (Wildman–Crippen MR) is 85.7 cm³/mol. The van der Waals surface area contributed by atoms with Gasteiger partial charge in [-0.15, -0.1) is 0 Å². The summed E-state index contributed by atoms with van der Waals surface area (Å²) in [6.45, 7) is 7.49. The first kappa shape index (κ1) is 16.2. The molecule has 1 aromatic rings. The second-order valence-electron chi connectivity index (χ2n) is 6.04. The van der Waals surface area contributed by atoms with Crippen LogP contribution in [0.5, 0.6) is 0 Å². The Hall–Kier alpha value is -1.20. The third-order valence-corrected chi connectivity index (χ3v) is 4.28. The van der Waals surface area contributed by atoms with E-state index in [1.165, 1.54) is 12.8 Å². The number of aliphatic hydroxyl groups excluding tert-OH is 1. The van der Waals surface area contributed by atoms with E-state index in [0.717, 1.165) is 49.8 Å². The fourth-order valence-electron chi connectivity index (χ4n) is 3.05. The Morgan fingerprint density at radius 2 is 1.95 bits per heavy atom. The fourth-order valence-corrected chi connectivity index (χ4v) is 3.05. The molecular formula is C16H28N4O. The number of hydrogen-bond donors (Lipinski definition) is 1. The lowest BCUT2D eigenvalue weighted by atomic mass is 10.0. The summed E-state index contributed by atoms with van der Waals surface area (Å²) < 4.78 is 0. The van der Waals surface area contributed by atoms with Gasteiger partial charge in [-0.1, -0.05) is 0 Å². The summed E-state index contributed by atoms with van der Waals surface area (Å²) in [5, 5.41) is 8.86. The molecule has 1 saturated heterocycles. The third kappa shape index (κ3) is 4.64. The van der Waals surface area contributed by atoms with Gasteiger partial charge >= 0.3 is 0 Å². The number of aryl methyl sites for hydroxylation is 2. The SMILES string of the molecule is Cc1cc(N2CCC(N(C)CCCCO)CC2)nc(C)n1. The number of piperidine rings is 1. The smallest absolute Gasteiger partial charge is 0.132 e. The van der Waals surface area contributed by atoms with E-state index >= 15 is 0 Å². The molecule has 0 aromatic carbocycles. The number of rotatable bonds is 6. The summed E-state index contributed by atoms with van der Waals surface area (Å²) in [6.07, 6.45) is 4.34. The van der Waals surface area contributed by atoms with Gasteiger partial charge in [0, 0.05) is 37.5 Å². The first-order valence-corrected chi connectivity index (χ1v) is 7.98. The van der Waals surface area contributed by atoms with Gasteiger partial charge in [-0.05, 0) is 53.1 Å². The molecule has 118 valence electrons. The molecule has 0 spiro atoms. The molecule has 1 aliphatic heterocycles. The second-order valence-corrected chi connectivity index (χ2v) is 6.04. The molecule has 0 bridgehead atoms. The van der Waals surface area contributed by atoms with Gasteiger partial charge < -0.3 is 14.9 Å². The van der Waals surface area contributed by atoms with Crippen LogP contribution >= 0.6 is 0 Å². The van der Waals surface area contributed by atoms with Crippen molar-refractivity contribution in [3.05, 3.63) is 17.6 Å². The molecule has 1 aliphatic rings. The van der Waals surface area contributed by atoms with Crippen LogP contribution in [0.25, 0.3) is 0 Å². The zero-order valence-corrected chi connectivity index (χ0v) is 13.5. The van der Waals surface area contributed by atoms with E-state index in [-0.39, 0.29) is 0 Å². The highest BCUT2D eigenvalue weighted by molar-refractivity contribution is 5.40. The first-order valence-electron chi connectivity index (χ1n) is 7.98. The Labute approximate surface area is 128 Å². The lowest BCUT2D eigenvalue weighted by Crippen LogP contribution is -2.44. The van der Waals surface area contributed by atoms with Crippen LogP contribution in [0.3, 0.4) is 0 Å². The number of anilines is 1. The standard InChI is InChI=1S/C16H28N4O/c1-13-12-16(18-14(2)17-13)20-9-6-15(7-10-20)19(3)8-4-5-11-21/h12,15,21H,4-11H2,1-3H3. The lowest BCUT2D eigenvalue weighted by Gasteiger charge is -2.37. The molecule has 21 heavy (non-hydrogen) atoms. The quantitative estimate of drug-likeness (QED) is 0.810. The van der Waals surface area contributed by atoms with Gasteiger partial charge in [-0.3, -0.25) is 0 Å². The maximum Gasteiger partial charge on any atom is 0.132 e. The molecule has 0 radical (unpaired) electrons. The summed E-state index contributed by atoms with van der Waals surface area (Å²) in [5.41, 5.74) is 1.04. The Morgan fingerprint density at radius 3 is 2.57 bits per heavy atom. The Morgan fingerprint density at radius 1 is 1.24 bits per heavy atom. The average molecular weight is 292 g/mol. The van der Waals surface area contributed by atoms with Crippen molar-refractivity contribution < 1.29 is 5.11 Å². The van der Waals surface area contributed by atoms with Crippen molar-refractivity contribution in [1.82, 2.24) is 14.9 Å². The van der Waals surface area contributed by atoms with Gasteiger partial charge in [0.05, 0.1) is 0 Å².